The lowest BCUT2D eigenvalue weighted by Crippen LogP contribution is -2.28. The maximum absolute atomic E-state index is 5.32. The standard InChI is InChI=1S/C26H30N2O2S/c1-5-31-26(27-25-9-7-6-8-20(25)2)28(18-21-10-14-23(29-3)15-11-21)19-22-12-16-24(30-4)17-13-22/h6-17H,5,18-19H2,1-4H3. The molecule has 0 unspecified atom stereocenters. The first-order valence-corrected chi connectivity index (χ1v) is 11.4. The minimum atomic E-state index is 0.758. The number of hydrogen-bond acceptors (Lipinski definition) is 4. The third-order valence-electron chi connectivity index (χ3n) is 4.94. The van der Waals surface area contributed by atoms with Crippen LogP contribution in [0.15, 0.2) is 77.8 Å². The second kappa shape index (κ2) is 11.5. The molecule has 0 heterocycles. The van der Waals surface area contributed by atoms with Gasteiger partial charge in [0.05, 0.1) is 19.9 Å². The Labute approximate surface area is 189 Å². The molecule has 0 saturated carbocycles. The summed E-state index contributed by atoms with van der Waals surface area (Å²) in [5.41, 5.74) is 4.60. The zero-order valence-electron chi connectivity index (χ0n) is 18.7. The number of para-hydroxylation sites is 1. The Bertz CT molecular complexity index is 936. The van der Waals surface area contributed by atoms with Crippen molar-refractivity contribution in [1.82, 2.24) is 4.90 Å². The summed E-state index contributed by atoms with van der Waals surface area (Å²) in [6, 6.07) is 24.7. The van der Waals surface area contributed by atoms with E-state index in [-0.39, 0.29) is 0 Å². The van der Waals surface area contributed by atoms with Crippen molar-refractivity contribution in [3.05, 3.63) is 89.5 Å². The number of thioether (sulfide) groups is 1. The Morgan fingerprint density at radius 3 is 1.77 bits per heavy atom. The van der Waals surface area contributed by atoms with E-state index in [0.717, 1.165) is 41.2 Å². The quantitative estimate of drug-likeness (QED) is 0.301. The highest BCUT2D eigenvalue weighted by atomic mass is 32.2. The summed E-state index contributed by atoms with van der Waals surface area (Å²) >= 11 is 1.77. The molecule has 3 rings (SSSR count). The summed E-state index contributed by atoms with van der Waals surface area (Å²) in [5, 5.41) is 1.02. The van der Waals surface area contributed by atoms with Crippen molar-refractivity contribution in [3.63, 3.8) is 0 Å². The van der Waals surface area contributed by atoms with Gasteiger partial charge in [-0.05, 0) is 59.7 Å². The molecule has 0 saturated heterocycles. The van der Waals surface area contributed by atoms with Gasteiger partial charge in [-0.3, -0.25) is 0 Å². The summed E-state index contributed by atoms with van der Waals surface area (Å²) in [5.74, 6) is 2.68. The molecule has 3 aromatic rings. The summed E-state index contributed by atoms with van der Waals surface area (Å²) in [7, 11) is 3.38. The molecule has 31 heavy (non-hydrogen) atoms. The van der Waals surface area contributed by atoms with Gasteiger partial charge in [0.15, 0.2) is 5.17 Å². The molecule has 0 spiro atoms. The van der Waals surface area contributed by atoms with Crippen molar-refractivity contribution < 1.29 is 9.47 Å². The zero-order valence-corrected chi connectivity index (χ0v) is 19.5. The molecule has 0 aliphatic heterocycles. The first-order valence-electron chi connectivity index (χ1n) is 10.4. The van der Waals surface area contributed by atoms with Gasteiger partial charge in [-0.2, -0.15) is 0 Å². The largest absolute Gasteiger partial charge is 0.497 e. The molecule has 162 valence electrons. The van der Waals surface area contributed by atoms with Gasteiger partial charge in [-0.25, -0.2) is 4.99 Å². The lowest BCUT2D eigenvalue weighted by Gasteiger charge is -2.26. The number of aryl methyl sites for hydroxylation is 1. The fourth-order valence-electron chi connectivity index (χ4n) is 3.21. The predicted octanol–water partition coefficient (Wildman–Crippen LogP) is 6.46. The van der Waals surface area contributed by atoms with E-state index in [1.807, 2.05) is 36.4 Å². The Hall–Kier alpha value is -2.92. The Morgan fingerprint density at radius 2 is 1.32 bits per heavy atom. The van der Waals surface area contributed by atoms with Gasteiger partial charge < -0.3 is 14.4 Å². The van der Waals surface area contributed by atoms with Crippen molar-refractivity contribution in [2.24, 2.45) is 4.99 Å². The van der Waals surface area contributed by atoms with Crippen LogP contribution in [0.1, 0.15) is 23.6 Å². The van der Waals surface area contributed by atoms with Crippen LogP contribution in [0.4, 0.5) is 5.69 Å². The normalized spacial score (nSPS) is 11.3. The molecule has 0 bridgehead atoms. The maximum Gasteiger partial charge on any atom is 0.164 e. The van der Waals surface area contributed by atoms with Crippen molar-refractivity contribution >= 4 is 22.6 Å². The maximum atomic E-state index is 5.32. The van der Waals surface area contributed by atoms with Crippen LogP contribution in [0, 0.1) is 6.92 Å². The highest BCUT2D eigenvalue weighted by Crippen LogP contribution is 2.25. The highest BCUT2D eigenvalue weighted by molar-refractivity contribution is 8.13. The van der Waals surface area contributed by atoms with Gasteiger partial charge in [-0.1, -0.05) is 61.2 Å². The van der Waals surface area contributed by atoms with Gasteiger partial charge in [0.2, 0.25) is 0 Å². The molecule has 0 aliphatic rings. The average Bonchev–Trinajstić information content (AvgIpc) is 2.80. The number of aliphatic imine (C=N–C) groups is 1. The summed E-state index contributed by atoms with van der Waals surface area (Å²) in [6.07, 6.45) is 0. The third-order valence-corrected chi connectivity index (χ3v) is 5.84. The Balaban J connectivity index is 1.94. The lowest BCUT2D eigenvalue weighted by atomic mass is 10.1. The molecule has 3 aromatic carbocycles. The van der Waals surface area contributed by atoms with E-state index in [4.69, 9.17) is 14.5 Å². The van der Waals surface area contributed by atoms with Gasteiger partial charge in [0.25, 0.3) is 0 Å². The minimum Gasteiger partial charge on any atom is -0.497 e. The number of methoxy groups -OCH3 is 2. The minimum absolute atomic E-state index is 0.758. The second-order valence-electron chi connectivity index (χ2n) is 7.17. The molecule has 0 radical (unpaired) electrons. The molecule has 0 atom stereocenters. The number of rotatable bonds is 8. The molecule has 0 aromatic heterocycles. The lowest BCUT2D eigenvalue weighted by molar-refractivity contribution is 0.405. The highest BCUT2D eigenvalue weighted by Gasteiger charge is 2.15. The number of benzene rings is 3. The van der Waals surface area contributed by atoms with E-state index >= 15 is 0 Å². The summed E-state index contributed by atoms with van der Waals surface area (Å²) in [6.45, 7) is 5.78. The van der Waals surface area contributed by atoms with E-state index < -0.39 is 0 Å². The van der Waals surface area contributed by atoms with E-state index in [9.17, 15) is 0 Å². The molecular formula is C26H30N2O2S. The van der Waals surface area contributed by atoms with E-state index in [1.54, 1.807) is 26.0 Å². The molecule has 0 N–H and O–H groups in total. The topological polar surface area (TPSA) is 34.1 Å². The van der Waals surface area contributed by atoms with Crippen LogP contribution in [0.5, 0.6) is 11.5 Å². The number of nitrogens with zero attached hydrogens (tertiary/aromatic N) is 2. The summed E-state index contributed by atoms with van der Waals surface area (Å²) in [4.78, 5) is 7.40. The first-order chi connectivity index (χ1) is 15.1. The third kappa shape index (κ3) is 6.53. The van der Waals surface area contributed by atoms with E-state index in [1.165, 1.54) is 16.7 Å². The van der Waals surface area contributed by atoms with Gasteiger partial charge in [0.1, 0.15) is 11.5 Å². The molecule has 4 nitrogen and oxygen atoms in total. The van der Waals surface area contributed by atoms with Crippen LogP contribution < -0.4 is 9.47 Å². The SMILES string of the molecule is CCSC(=Nc1ccccc1C)N(Cc1ccc(OC)cc1)Cc1ccc(OC)cc1. The van der Waals surface area contributed by atoms with E-state index in [0.29, 0.717) is 0 Å². The van der Waals surface area contributed by atoms with Gasteiger partial charge in [0, 0.05) is 13.1 Å². The number of amidine groups is 1. The van der Waals surface area contributed by atoms with Crippen LogP contribution in [-0.4, -0.2) is 30.0 Å². The second-order valence-corrected chi connectivity index (χ2v) is 8.40. The average molecular weight is 435 g/mol. The molecule has 5 heteroatoms. The van der Waals surface area contributed by atoms with Crippen LogP contribution in [0.25, 0.3) is 0 Å². The predicted molar refractivity (Wildman–Crippen MR) is 132 cm³/mol. The van der Waals surface area contributed by atoms with Crippen LogP contribution in [0.2, 0.25) is 0 Å². The van der Waals surface area contributed by atoms with E-state index in [2.05, 4.69) is 55.1 Å². The van der Waals surface area contributed by atoms with Crippen molar-refractivity contribution in [1.29, 1.82) is 0 Å². The monoisotopic (exact) mass is 434 g/mol. The smallest absolute Gasteiger partial charge is 0.164 e. The fourth-order valence-corrected chi connectivity index (χ4v) is 3.94. The molecule has 0 fully saturated rings. The molecular weight excluding hydrogens is 404 g/mol. The number of hydrogen-bond donors (Lipinski definition) is 0. The van der Waals surface area contributed by atoms with Crippen LogP contribution in [-0.2, 0) is 13.1 Å². The fraction of sp³-hybridized carbons (Fsp3) is 0.269. The van der Waals surface area contributed by atoms with Gasteiger partial charge in [-0.15, -0.1) is 0 Å². The Morgan fingerprint density at radius 1 is 0.806 bits per heavy atom. The van der Waals surface area contributed by atoms with Crippen molar-refractivity contribution in [2.45, 2.75) is 26.9 Å². The van der Waals surface area contributed by atoms with Crippen LogP contribution in [0.3, 0.4) is 0 Å². The first kappa shape index (κ1) is 22.8. The van der Waals surface area contributed by atoms with Crippen LogP contribution >= 0.6 is 11.8 Å². The zero-order chi connectivity index (χ0) is 22.1. The molecule has 0 aliphatic carbocycles. The number of ether oxygens (including phenoxy) is 2. The van der Waals surface area contributed by atoms with Crippen molar-refractivity contribution in [3.8, 4) is 11.5 Å². The molecule has 0 amide bonds. The Kier molecular flexibility index (Phi) is 8.42. The summed E-state index contributed by atoms with van der Waals surface area (Å²) < 4.78 is 10.6. The van der Waals surface area contributed by atoms with Crippen molar-refractivity contribution in [2.75, 3.05) is 20.0 Å². The van der Waals surface area contributed by atoms with Gasteiger partial charge >= 0.3 is 0 Å².